The van der Waals surface area contributed by atoms with E-state index in [-0.39, 0.29) is 103 Å². The normalized spacial score (nSPS) is 12.8. The monoisotopic (exact) mass is 286 g/mol. The van der Waals surface area contributed by atoms with Crippen molar-refractivity contribution in [2.45, 2.75) is 12.0 Å². The molecule has 7 nitrogen and oxygen atoms in total. The first-order valence-electron chi connectivity index (χ1n) is 2.34. The molecule has 0 heterocycles. The molecule has 0 radical (unpaired) electrons. The Morgan fingerprint density at radius 1 is 0.923 bits per heavy atom. The average molecular weight is 286 g/mol. The molecule has 0 aliphatic heterocycles. The van der Waals surface area contributed by atoms with Crippen molar-refractivity contribution in [3.05, 3.63) is 0 Å². The molecule has 0 aromatic carbocycles. The molecule has 0 unspecified atom stereocenters. The summed E-state index contributed by atoms with van der Waals surface area (Å²) in [6.45, 7) is 0.383. The summed E-state index contributed by atoms with van der Waals surface area (Å²) in [5.74, 6) is 0. The van der Waals surface area contributed by atoms with Crippen LogP contribution in [0.4, 0.5) is 0 Å². The van der Waals surface area contributed by atoms with Gasteiger partial charge in [-0.3, -0.25) is 9.13 Å². The van der Waals surface area contributed by atoms with Crippen molar-refractivity contribution in [2.24, 2.45) is 0 Å². The third-order valence-corrected chi connectivity index (χ3v) is 4.87. The van der Waals surface area contributed by atoms with Gasteiger partial charge in [0.2, 0.25) is 0 Å². The van der Waals surface area contributed by atoms with Crippen molar-refractivity contribution in [1.82, 2.24) is 0 Å². The molecule has 0 atom stereocenters. The Bertz CT molecular complexity index is 215. The minimum absolute atomic E-state index is 0. The van der Waals surface area contributed by atoms with E-state index in [1.165, 1.54) is 0 Å². The molecule has 0 spiro atoms. The molecule has 0 fully saturated rings. The molecule has 0 bridgehead atoms. The molecule has 0 aliphatic rings. The number of hydrogen-bond acceptors (Lipinski definition) is 3. The van der Waals surface area contributed by atoms with Crippen molar-refractivity contribution < 1.29 is 33.8 Å². The van der Waals surface area contributed by atoms with Crippen LogP contribution in [0.5, 0.6) is 0 Å². The Kier molecular flexibility index (Phi) is 11.9. The maximum absolute atomic E-state index is 10.3. The summed E-state index contributed by atoms with van der Waals surface area (Å²) >= 11 is 0. The fourth-order valence-corrected chi connectivity index (χ4v) is 1.53. The van der Waals surface area contributed by atoms with Crippen molar-refractivity contribution in [2.75, 3.05) is 0 Å². The van der Waals surface area contributed by atoms with Gasteiger partial charge in [-0.05, 0) is 6.92 Å². The number of hydrogen-bond donors (Lipinski definition) is 5. The standard InChI is InChI=1S/C2H8O7P2.2K.2H/c1-2(3,10(4,5)6)11(7,8)9;;;;/h3H,1H3,(H2,4,5,6)(H2,7,8,9);;;;. The maximum atomic E-state index is 10.3. The molecule has 5 N–H and O–H groups in total. The van der Waals surface area contributed by atoms with E-state index in [4.69, 9.17) is 24.7 Å². The second kappa shape index (κ2) is 7.08. The van der Waals surface area contributed by atoms with E-state index < -0.39 is 20.3 Å². The van der Waals surface area contributed by atoms with Crippen LogP contribution in [0, 0.1) is 0 Å². The molecule has 0 aliphatic carbocycles. The summed E-state index contributed by atoms with van der Waals surface area (Å²) < 4.78 is 20.5. The second-order valence-electron chi connectivity index (χ2n) is 2.06. The summed E-state index contributed by atoms with van der Waals surface area (Å²) in [5, 5.41) is 5.37. The summed E-state index contributed by atoms with van der Waals surface area (Å²) in [7, 11) is -10.4. The Morgan fingerprint density at radius 3 is 1.08 bits per heavy atom. The van der Waals surface area contributed by atoms with Gasteiger partial charge in [-0.2, -0.15) is 0 Å². The molecule has 0 rings (SSSR count). The van der Waals surface area contributed by atoms with Crippen molar-refractivity contribution in [3.8, 4) is 0 Å². The molecule has 11 heteroatoms. The third-order valence-electron chi connectivity index (χ3n) is 1.10. The van der Waals surface area contributed by atoms with Crippen molar-refractivity contribution in [3.63, 3.8) is 0 Å². The van der Waals surface area contributed by atoms with E-state index in [9.17, 15) is 9.13 Å². The van der Waals surface area contributed by atoms with Crippen LogP contribution in [0.25, 0.3) is 0 Å². The molecule has 0 amide bonds. The van der Waals surface area contributed by atoms with Crippen molar-refractivity contribution in [1.29, 1.82) is 0 Å². The fourth-order valence-electron chi connectivity index (χ4n) is 0.170. The molecular weight excluding hydrogens is 276 g/mol. The molecule has 72 valence electrons. The van der Waals surface area contributed by atoms with Crippen LogP contribution in [0.15, 0.2) is 0 Å². The van der Waals surface area contributed by atoms with Gasteiger partial charge >= 0.3 is 118 Å². The van der Waals surface area contributed by atoms with Gasteiger partial charge in [-0.25, -0.2) is 0 Å². The molecule has 0 saturated carbocycles. The molecule has 13 heavy (non-hydrogen) atoms. The van der Waals surface area contributed by atoms with Crippen LogP contribution < -0.4 is 0 Å². The van der Waals surface area contributed by atoms with Gasteiger partial charge in [0.05, 0.1) is 0 Å². The first-order chi connectivity index (χ1) is 4.50. The van der Waals surface area contributed by atoms with E-state index >= 15 is 0 Å². The van der Waals surface area contributed by atoms with Crippen LogP contribution in [0.3, 0.4) is 0 Å². The van der Waals surface area contributed by atoms with Gasteiger partial charge in [-0.15, -0.1) is 0 Å². The SMILES string of the molecule is CC(O)(P(=O)(O)O)P(=O)(O)O.[KH].[KH]. The van der Waals surface area contributed by atoms with E-state index in [2.05, 4.69) is 0 Å². The van der Waals surface area contributed by atoms with Gasteiger partial charge in [0.15, 0.2) is 0 Å². The van der Waals surface area contributed by atoms with Gasteiger partial charge < -0.3 is 24.7 Å². The zero-order valence-corrected chi connectivity index (χ0v) is 7.24. The van der Waals surface area contributed by atoms with Crippen LogP contribution in [0.1, 0.15) is 6.92 Å². The summed E-state index contributed by atoms with van der Waals surface area (Å²) in [6.07, 6.45) is 0. The summed E-state index contributed by atoms with van der Waals surface area (Å²) in [6, 6.07) is 0. The van der Waals surface area contributed by atoms with Crippen LogP contribution in [0.2, 0.25) is 0 Å². The predicted octanol–water partition coefficient (Wildman–Crippen LogP) is -2.29. The van der Waals surface area contributed by atoms with E-state index in [0.29, 0.717) is 6.92 Å². The molecule has 0 aromatic heterocycles. The number of aliphatic hydroxyl groups is 1. The van der Waals surface area contributed by atoms with Gasteiger partial charge in [-0.1, -0.05) is 0 Å². The Hall–Kier alpha value is 3.53. The zero-order valence-electron chi connectivity index (χ0n) is 5.45. The Morgan fingerprint density at radius 2 is 1.08 bits per heavy atom. The zero-order chi connectivity index (χ0) is 9.50. The van der Waals surface area contributed by atoms with Crippen LogP contribution >= 0.6 is 15.2 Å². The second-order valence-corrected chi connectivity index (χ2v) is 6.33. The summed E-state index contributed by atoms with van der Waals surface area (Å²) in [5.41, 5.74) is 0. The van der Waals surface area contributed by atoms with E-state index in [1.54, 1.807) is 0 Å². The fraction of sp³-hybridized carbons (Fsp3) is 1.00. The van der Waals surface area contributed by atoms with E-state index in [1.807, 2.05) is 0 Å². The van der Waals surface area contributed by atoms with Gasteiger partial charge in [0.1, 0.15) is 0 Å². The Balaban J connectivity index is -0.000000500. The predicted molar refractivity (Wildman–Crippen MR) is 49.0 cm³/mol. The third kappa shape index (κ3) is 6.14. The van der Waals surface area contributed by atoms with Gasteiger partial charge in [0.25, 0.3) is 5.08 Å². The van der Waals surface area contributed by atoms with Gasteiger partial charge in [0, 0.05) is 0 Å². The first-order valence-corrected chi connectivity index (χ1v) is 5.56. The Labute approximate surface area is 160 Å². The van der Waals surface area contributed by atoms with Crippen LogP contribution in [-0.2, 0) is 9.13 Å². The quantitative estimate of drug-likeness (QED) is 0.285. The van der Waals surface area contributed by atoms with E-state index in [0.717, 1.165) is 0 Å². The molecule has 0 aromatic rings. The van der Waals surface area contributed by atoms with Crippen LogP contribution in [-0.4, -0.2) is 133 Å². The molecular formula is C2H10K2O7P2. The topological polar surface area (TPSA) is 135 Å². The summed E-state index contributed by atoms with van der Waals surface area (Å²) in [4.78, 5) is 33.0. The minimum atomic E-state index is -5.20. The molecule has 0 saturated heterocycles. The average Bonchev–Trinajstić information content (AvgIpc) is 1.58. The first kappa shape index (κ1) is 21.8. The van der Waals surface area contributed by atoms with Crippen molar-refractivity contribution >= 4 is 118 Å². The number of rotatable bonds is 2.